The van der Waals surface area contributed by atoms with Gasteiger partial charge in [-0.2, -0.15) is 0 Å². The lowest BCUT2D eigenvalue weighted by Gasteiger charge is -2.07. The molecular formula is C10H8ClN3O2. The summed E-state index contributed by atoms with van der Waals surface area (Å²) in [5.41, 5.74) is 0.996. The van der Waals surface area contributed by atoms with E-state index in [2.05, 4.69) is 14.9 Å². The lowest BCUT2D eigenvalue weighted by atomic mass is 10.2. The number of methoxy groups -OCH3 is 1. The molecule has 2 aromatic rings. The largest absolute Gasteiger partial charge is 0.465 e. The van der Waals surface area contributed by atoms with Crippen molar-refractivity contribution in [2.45, 2.75) is 0 Å². The van der Waals surface area contributed by atoms with E-state index in [0.717, 1.165) is 0 Å². The average Bonchev–Trinajstić information content (AvgIpc) is 2.81. The Morgan fingerprint density at radius 2 is 2.06 bits per heavy atom. The Morgan fingerprint density at radius 1 is 1.38 bits per heavy atom. The predicted molar refractivity (Wildman–Crippen MR) is 57.7 cm³/mol. The van der Waals surface area contributed by atoms with Gasteiger partial charge in [-0.05, 0) is 18.2 Å². The van der Waals surface area contributed by atoms with Crippen molar-refractivity contribution in [1.82, 2.24) is 14.8 Å². The smallest absolute Gasteiger partial charge is 0.340 e. The molecule has 0 saturated heterocycles. The van der Waals surface area contributed by atoms with Crippen LogP contribution in [-0.2, 0) is 4.74 Å². The van der Waals surface area contributed by atoms with E-state index >= 15 is 0 Å². The number of nitrogens with zero attached hydrogens (tertiary/aromatic N) is 3. The average molecular weight is 238 g/mol. The zero-order valence-corrected chi connectivity index (χ0v) is 9.18. The van der Waals surface area contributed by atoms with Crippen molar-refractivity contribution >= 4 is 17.6 Å². The molecule has 0 saturated carbocycles. The van der Waals surface area contributed by atoms with Gasteiger partial charge in [-0.3, -0.25) is 4.57 Å². The third kappa shape index (κ3) is 1.90. The Morgan fingerprint density at radius 3 is 2.69 bits per heavy atom. The van der Waals surface area contributed by atoms with E-state index in [0.29, 0.717) is 16.3 Å². The summed E-state index contributed by atoms with van der Waals surface area (Å²) >= 11 is 5.83. The van der Waals surface area contributed by atoms with Gasteiger partial charge in [0.25, 0.3) is 0 Å². The molecule has 82 valence electrons. The van der Waals surface area contributed by atoms with E-state index in [1.165, 1.54) is 19.8 Å². The molecule has 0 spiro atoms. The molecule has 2 rings (SSSR count). The molecule has 0 amide bonds. The Labute approximate surface area is 96.6 Å². The number of aromatic nitrogens is 3. The van der Waals surface area contributed by atoms with Crippen LogP contribution in [0.1, 0.15) is 10.4 Å². The summed E-state index contributed by atoms with van der Waals surface area (Å²) < 4.78 is 6.29. The Balaban J connectivity index is 2.57. The van der Waals surface area contributed by atoms with Gasteiger partial charge in [-0.1, -0.05) is 11.6 Å². The van der Waals surface area contributed by atoms with Crippen molar-refractivity contribution in [2.24, 2.45) is 0 Å². The number of carbonyl (C=O) groups excluding carboxylic acids is 1. The number of esters is 1. The molecule has 0 atom stereocenters. The van der Waals surface area contributed by atoms with Gasteiger partial charge in [0.15, 0.2) is 0 Å². The number of ether oxygens (including phenoxy) is 1. The number of rotatable bonds is 2. The quantitative estimate of drug-likeness (QED) is 0.746. The second-order valence-electron chi connectivity index (χ2n) is 3.02. The van der Waals surface area contributed by atoms with Crippen LogP contribution in [0.2, 0.25) is 5.02 Å². The first-order valence-electron chi connectivity index (χ1n) is 4.45. The van der Waals surface area contributed by atoms with Gasteiger partial charge < -0.3 is 4.74 Å². The van der Waals surface area contributed by atoms with E-state index in [1.54, 1.807) is 22.8 Å². The van der Waals surface area contributed by atoms with Crippen LogP contribution in [0, 0.1) is 0 Å². The van der Waals surface area contributed by atoms with Crippen molar-refractivity contribution in [1.29, 1.82) is 0 Å². The highest BCUT2D eigenvalue weighted by Crippen LogP contribution is 2.20. The second-order valence-corrected chi connectivity index (χ2v) is 3.46. The van der Waals surface area contributed by atoms with Crippen molar-refractivity contribution in [3.8, 4) is 5.69 Å². The molecule has 6 heteroatoms. The lowest BCUT2D eigenvalue weighted by molar-refractivity contribution is 0.0601. The molecule has 0 fully saturated rings. The summed E-state index contributed by atoms with van der Waals surface area (Å²) in [5, 5.41) is 7.82. The molecule has 16 heavy (non-hydrogen) atoms. The Bertz CT molecular complexity index is 511. The summed E-state index contributed by atoms with van der Waals surface area (Å²) in [6, 6.07) is 4.93. The van der Waals surface area contributed by atoms with Gasteiger partial charge in [-0.15, -0.1) is 10.2 Å². The van der Waals surface area contributed by atoms with Gasteiger partial charge in [0.1, 0.15) is 12.7 Å². The fourth-order valence-electron chi connectivity index (χ4n) is 1.33. The topological polar surface area (TPSA) is 57.0 Å². The van der Waals surface area contributed by atoms with Crippen LogP contribution in [0.5, 0.6) is 0 Å². The van der Waals surface area contributed by atoms with Crippen molar-refractivity contribution in [2.75, 3.05) is 7.11 Å². The van der Waals surface area contributed by atoms with E-state index in [4.69, 9.17) is 11.6 Å². The molecule has 0 aliphatic heterocycles. The standard InChI is InChI=1S/C10H8ClN3O2/c1-16-10(15)8-4-7(11)2-3-9(8)14-5-12-13-6-14/h2-6H,1H3. The second kappa shape index (κ2) is 4.32. The van der Waals surface area contributed by atoms with Crippen LogP contribution in [0.25, 0.3) is 5.69 Å². The number of hydrogen-bond acceptors (Lipinski definition) is 4. The first-order valence-corrected chi connectivity index (χ1v) is 4.83. The summed E-state index contributed by atoms with van der Waals surface area (Å²) in [4.78, 5) is 11.5. The fourth-order valence-corrected chi connectivity index (χ4v) is 1.50. The van der Waals surface area contributed by atoms with Crippen LogP contribution >= 0.6 is 11.6 Å². The lowest BCUT2D eigenvalue weighted by Crippen LogP contribution is -2.06. The normalized spacial score (nSPS) is 10.1. The number of benzene rings is 1. The zero-order valence-electron chi connectivity index (χ0n) is 8.42. The van der Waals surface area contributed by atoms with Crippen LogP contribution < -0.4 is 0 Å². The van der Waals surface area contributed by atoms with E-state index < -0.39 is 5.97 Å². The number of hydrogen-bond donors (Lipinski definition) is 0. The minimum atomic E-state index is -0.453. The predicted octanol–water partition coefficient (Wildman–Crippen LogP) is 1.71. The summed E-state index contributed by atoms with van der Waals surface area (Å²) in [7, 11) is 1.32. The minimum Gasteiger partial charge on any atom is -0.465 e. The van der Waals surface area contributed by atoms with Gasteiger partial charge >= 0.3 is 5.97 Å². The summed E-state index contributed by atoms with van der Waals surface area (Å²) in [6.45, 7) is 0. The molecule has 0 N–H and O–H groups in total. The molecule has 0 unspecified atom stereocenters. The van der Waals surface area contributed by atoms with E-state index in [-0.39, 0.29) is 0 Å². The van der Waals surface area contributed by atoms with Crippen LogP contribution in [-0.4, -0.2) is 27.8 Å². The van der Waals surface area contributed by atoms with Crippen molar-refractivity contribution in [3.05, 3.63) is 41.4 Å². The van der Waals surface area contributed by atoms with Gasteiger partial charge in [-0.25, -0.2) is 4.79 Å². The molecular weight excluding hydrogens is 230 g/mol. The minimum absolute atomic E-state index is 0.370. The highest BCUT2D eigenvalue weighted by atomic mass is 35.5. The molecule has 0 radical (unpaired) electrons. The van der Waals surface area contributed by atoms with Gasteiger partial charge in [0.2, 0.25) is 0 Å². The molecule has 0 aliphatic rings. The SMILES string of the molecule is COC(=O)c1cc(Cl)ccc1-n1cnnc1. The molecule has 0 bridgehead atoms. The Hall–Kier alpha value is -1.88. The van der Waals surface area contributed by atoms with E-state index in [1.807, 2.05) is 0 Å². The maximum absolute atomic E-state index is 11.5. The highest BCUT2D eigenvalue weighted by molar-refractivity contribution is 6.31. The highest BCUT2D eigenvalue weighted by Gasteiger charge is 2.13. The third-order valence-electron chi connectivity index (χ3n) is 2.06. The molecule has 1 aromatic carbocycles. The first-order chi connectivity index (χ1) is 7.72. The molecule has 5 nitrogen and oxygen atoms in total. The van der Waals surface area contributed by atoms with Crippen molar-refractivity contribution in [3.63, 3.8) is 0 Å². The fraction of sp³-hybridized carbons (Fsp3) is 0.100. The van der Waals surface area contributed by atoms with Gasteiger partial charge in [0.05, 0.1) is 18.4 Å². The van der Waals surface area contributed by atoms with Crippen molar-refractivity contribution < 1.29 is 9.53 Å². The van der Waals surface area contributed by atoms with E-state index in [9.17, 15) is 4.79 Å². The molecule has 1 aromatic heterocycles. The Kier molecular flexibility index (Phi) is 2.87. The van der Waals surface area contributed by atoms with Crippen LogP contribution in [0.4, 0.5) is 0 Å². The third-order valence-corrected chi connectivity index (χ3v) is 2.30. The molecule has 1 heterocycles. The van der Waals surface area contributed by atoms with Crippen LogP contribution in [0.3, 0.4) is 0 Å². The number of halogens is 1. The summed E-state index contributed by atoms with van der Waals surface area (Å²) in [5.74, 6) is -0.453. The monoisotopic (exact) mass is 237 g/mol. The van der Waals surface area contributed by atoms with Gasteiger partial charge in [0, 0.05) is 5.02 Å². The maximum atomic E-state index is 11.5. The first kappa shape index (κ1) is 10.6. The number of carbonyl (C=O) groups is 1. The maximum Gasteiger partial charge on any atom is 0.340 e. The molecule has 0 aliphatic carbocycles. The van der Waals surface area contributed by atoms with Crippen LogP contribution in [0.15, 0.2) is 30.9 Å². The zero-order chi connectivity index (χ0) is 11.5. The summed E-state index contributed by atoms with van der Waals surface area (Å²) in [6.07, 6.45) is 2.99.